The topological polar surface area (TPSA) is 70.4 Å². The molecule has 0 bridgehead atoms. The van der Waals surface area contributed by atoms with Gasteiger partial charge >= 0.3 is 11.7 Å². The van der Waals surface area contributed by atoms with Gasteiger partial charge in [-0.05, 0) is 19.1 Å². The highest BCUT2D eigenvalue weighted by atomic mass is 16.5. The Kier molecular flexibility index (Phi) is 3.79. The molecule has 6 heteroatoms. The standard InChI is InChI=1S/C13H14N2O4/c1-3-19-11(16)8-15-10-7-5-4-6-9(10)12(18-2)14-13(15)17/h4-7H,3,8H2,1-2H3. The summed E-state index contributed by atoms with van der Waals surface area (Å²) in [6.45, 7) is 1.82. The van der Waals surface area contributed by atoms with Gasteiger partial charge in [-0.25, -0.2) is 4.79 Å². The zero-order chi connectivity index (χ0) is 13.8. The van der Waals surface area contributed by atoms with Gasteiger partial charge in [-0.1, -0.05) is 12.1 Å². The summed E-state index contributed by atoms with van der Waals surface area (Å²) in [5, 5.41) is 0.675. The first-order chi connectivity index (χ1) is 9.17. The van der Waals surface area contributed by atoms with Crippen LogP contribution in [0.15, 0.2) is 29.1 Å². The Balaban J connectivity index is 2.58. The van der Waals surface area contributed by atoms with Crippen molar-refractivity contribution in [3.05, 3.63) is 34.7 Å². The van der Waals surface area contributed by atoms with E-state index in [1.807, 2.05) is 6.07 Å². The van der Waals surface area contributed by atoms with Crippen molar-refractivity contribution >= 4 is 16.9 Å². The number of nitrogens with zero attached hydrogens (tertiary/aromatic N) is 2. The van der Waals surface area contributed by atoms with Crippen LogP contribution in [0.25, 0.3) is 10.9 Å². The minimum atomic E-state index is -0.538. The van der Waals surface area contributed by atoms with Crippen LogP contribution in [0.4, 0.5) is 0 Å². The molecule has 1 aromatic heterocycles. The van der Waals surface area contributed by atoms with E-state index in [1.165, 1.54) is 11.7 Å². The molecule has 0 amide bonds. The summed E-state index contributed by atoms with van der Waals surface area (Å²) in [4.78, 5) is 27.2. The van der Waals surface area contributed by atoms with Crippen molar-refractivity contribution in [3.8, 4) is 5.88 Å². The number of hydrogen-bond acceptors (Lipinski definition) is 5. The fraction of sp³-hybridized carbons (Fsp3) is 0.308. The van der Waals surface area contributed by atoms with Crippen molar-refractivity contribution in [2.45, 2.75) is 13.5 Å². The number of aromatic nitrogens is 2. The van der Waals surface area contributed by atoms with E-state index in [0.717, 1.165) is 0 Å². The number of fused-ring (bicyclic) bond motifs is 1. The van der Waals surface area contributed by atoms with Gasteiger partial charge in [0.1, 0.15) is 6.54 Å². The van der Waals surface area contributed by atoms with Crippen LogP contribution >= 0.6 is 0 Å². The van der Waals surface area contributed by atoms with Gasteiger partial charge < -0.3 is 9.47 Å². The molecular weight excluding hydrogens is 248 g/mol. The van der Waals surface area contributed by atoms with E-state index >= 15 is 0 Å². The Morgan fingerprint density at radius 3 is 2.79 bits per heavy atom. The fourth-order valence-electron chi connectivity index (χ4n) is 1.84. The van der Waals surface area contributed by atoms with E-state index in [-0.39, 0.29) is 19.0 Å². The van der Waals surface area contributed by atoms with Crippen LogP contribution < -0.4 is 10.4 Å². The van der Waals surface area contributed by atoms with Gasteiger partial charge in [0.2, 0.25) is 5.88 Å². The molecule has 19 heavy (non-hydrogen) atoms. The van der Waals surface area contributed by atoms with Crippen molar-refractivity contribution in [3.63, 3.8) is 0 Å². The molecule has 6 nitrogen and oxygen atoms in total. The summed E-state index contributed by atoms with van der Waals surface area (Å²) in [7, 11) is 1.45. The van der Waals surface area contributed by atoms with Crippen LogP contribution in [0, 0.1) is 0 Å². The van der Waals surface area contributed by atoms with E-state index in [0.29, 0.717) is 10.9 Å². The molecule has 1 heterocycles. The van der Waals surface area contributed by atoms with Crippen LogP contribution in [-0.2, 0) is 16.1 Å². The number of carbonyl (C=O) groups excluding carboxylic acids is 1. The molecule has 0 fully saturated rings. The molecule has 1 aromatic carbocycles. The molecule has 0 radical (unpaired) electrons. The highest BCUT2D eigenvalue weighted by Gasteiger charge is 2.13. The molecule has 0 spiro atoms. The van der Waals surface area contributed by atoms with Crippen molar-refractivity contribution in [1.29, 1.82) is 0 Å². The number of benzene rings is 1. The van der Waals surface area contributed by atoms with Gasteiger partial charge in [0.25, 0.3) is 0 Å². The maximum atomic E-state index is 11.9. The second kappa shape index (κ2) is 5.51. The number of esters is 1. The minimum absolute atomic E-state index is 0.163. The Labute approximate surface area is 109 Å². The smallest absolute Gasteiger partial charge is 0.351 e. The summed E-state index contributed by atoms with van der Waals surface area (Å²) in [6, 6.07) is 7.11. The van der Waals surface area contributed by atoms with Crippen LogP contribution in [0.3, 0.4) is 0 Å². The molecule has 2 rings (SSSR count). The number of rotatable bonds is 4. The van der Waals surface area contributed by atoms with Crippen molar-refractivity contribution in [1.82, 2.24) is 9.55 Å². The molecule has 2 aromatic rings. The minimum Gasteiger partial charge on any atom is -0.480 e. The molecule has 0 aliphatic carbocycles. The van der Waals surface area contributed by atoms with Gasteiger partial charge in [-0.3, -0.25) is 9.36 Å². The summed E-state index contributed by atoms with van der Waals surface area (Å²) >= 11 is 0. The highest BCUT2D eigenvalue weighted by Crippen LogP contribution is 2.20. The van der Waals surface area contributed by atoms with Gasteiger partial charge in [0.05, 0.1) is 24.6 Å². The maximum Gasteiger partial charge on any atom is 0.351 e. The summed E-state index contributed by atoms with van der Waals surface area (Å²) < 4.78 is 11.2. The van der Waals surface area contributed by atoms with Crippen molar-refractivity contribution < 1.29 is 14.3 Å². The third kappa shape index (κ3) is 2.57. The zero-order valence-corrected chi connectivity index (χ0v) is 10.8. The average molecular weight is 262 g/mol. The second-order valence-electron chi connectivity index (χ2n) is 3.81. The molecule has 0 aliphatic heterocycles. The lowest BCUT2D eigenvalue weighted by atomic mass is 10.2. The van der Waals surface area contributed by atoms with Gasteiger partial charge in [0.15, 0.2) is 0 Å². The maximum absolute atomic E-state index is 11.9. The van der Waals surface area contributed by atoms with E-state index < -0.39 is 11.7 Å². The summed E-state index contributed by atoms with van der Waals surface area (Å²) in [6.07, 6.45) is 0. The quantitative estimate of drug-likeness (QED) is 0.768. The van der Waals surface area contributed by atoms with E-state index in [1.54, 1.807) is 25.1 Å². The van der Waals surface area contributed by atoms with Crippen LogP contribution in [0.5, 0.6) is 5.88 Å². The largest absolute Gasteiger partial charge is 0.480 e. The lowest BCUT2D eigenvalue weighted by Crippen LogP contribution is -2.28. The van der Waals surface area contributed by atoms with E-state index in [9.17, 15) is 9.59 Å². The normalized spacial score (nSPS) is 10.4. The van der Waals surface area contributed by atoms with Gasteiger partial charge in [0, 0.05) is 0 Å². The molecule has 100 valence electrons. The first-order valence-corrected chi connectivity index (χ1v) is 5.86. The molecule has 0 N–H and O–H groups in total. The molecule has 0 saturated heterocycles. The van der Waals surface area contributed by atoms with Crippen molar-refractivity contribution in [2.24, 2.45) is 0 Å². The Bertz CT molecular complexity index is 663. The number of methoxy groups -OCH3 is 1. The summed E-state index contributed by atoms with van der Waals surface area (Å²) in [5.74, 6) is -0.220. The zero-order valence-electron chi connectivity index (χ0n) is 10.8. The Hall–Kier alpha value is -2.37. The predicted molar refractivity (Wildman–Crippen MR) is 69.2 cm³/mol. The second-order valence-corrected chi connectivity index (χ2v) is 3.81. The lowest BCUT2D eigenvalue weighted by molar-refractivity contribution is -0.143. The van der Waals surface area contributed by atoms with Gasteiger partial charge in [-0.15, -0.1) is 0 Å². The van der Waals surface area contributed by atoms with E-state index in [4.69, 9.17) is 9.47 Å². The average Bonchev–Trinajstić information content (AvgIpc) is 2.42. The Morgan fingerprint density at radius 1 is 1.37 bits per heavy atom. The predicted octanol–water partition coefficient (Wildman–Crippen LogP) is 0.968. The first-order valence-electron chi connectivity index (χ1n) is 5.86. The van der Waals surface area contributed by atoms with Crippen LogP contribution in [0.2, 0.25) is 0 Å². The highest BCUT2D eigenvalue weighted by molar-refractivity contribution is 5.84. The van der Waals surface area contributed by atoms with E-state index in [2.05, 4.69) is 4.98 Å². The third-order valence-electron chi connectivity index (χ3n) is 2.64. The van der Waals surface area contributed by atoms with Crippen LogP contribution in [0.1, 0.15) is 6.92 Å². The van der Waals surface area contributed by atoms with Gasteiger partial charge in [-0.2, -0.15) is 4.98 Å². The first kappa shape index (κ1) is 13.1. The molecule has 0 atom stereocenters. The fourth-order valence-corrected chi connectivity index (χ4v) is 1.84. The molecule has 0 aliphatic rings. The van der Waals surface area contributed by atoms with Crippen LogP contribution in [-0.4, -0.2) is 29.2 Å². The summed E-state index contributed by atoms with van der Waals surface area (Å²) in [5.41, 5.74) is 0.0519. The monoisotopic (exact) mass is 262 g/mol. The Morgan fingerprint density at radius 2 is 2.11 bits per heavy atom. The molecule has 0 saturated carbocycles. The number of ether oxygens (including phenoxy) is 2. The SMILES string of the molecule is CCOC(=O)Cn1c(=O)nc(OC)c2ccccc21. The molecular formula is C13H14N2O4. The lowest BCUT2D eigenvalue weighted by Gasteiger charge is -2.10. The number of hydrogen-bond donors (Lipinski definition) is 0. The number of para-hydroxylation sites is 1. The number of carbonyl (C=O) groups is 1. The molecule has 0 unspecified atom stereocenters. The third-order valence-corrected chi connectivity index (χ3v) is 2.64. The van der Waals surface area contributed by atoms with Crippen molar-refractivity contribution in [2.75, 3.05) is 13.7 Å².